The molecular formula is C18H18O2P2. The largest absolute Gasteiger partial charge is 0.422 e. The van der Waals surface area contributed by atoms with Crippen LogP contribution < -0.4 is 5.63 Å². The molecule has 0 radical (unpaired) electrons. The summed E-state index contributed by atoms with van der Waals surface area (Å²) < 4.78 is 5.55. The third-order valence-corrected chi connectivity index (χ3v) is 4.74. The third-order valence-electron chi connectivity index (χ3n) is 3.86. The van der Waals surface area contributed by atoms with Gasteiger partial charge in [0.2, 0.25) is 0 Å². The molecule has 4 heteroatoms. The number of aryl methyl sites for hydroxylation is 1. The maximum atomic E-state index is 12.3. The molecule has 0 bridgehead atoms. The van der Waals surface area contributed by atoms with Crippen LogP contribution >= 0.6 is 18.5 Å². The zero-order chi connectivity index (χ0) is 15.7. The van der Waals surface area contributed by atoms with E-state index >= 15 is 0 Å². The van der Waals surface area contributed by atoms with Crippen LogP contribution in [0.1, 0.15) is 16.7 Å². The molecule has 2 unspecified atom stereocenters. The van der Waals surface area contributed by atoms with Crippen molar-refractivity contribution in [2.75, 3.05) is 0 Å². The van der Waals surface area contributed by atoms with E-state index in [4.69, 9.17) is 4.42 Å². The first-order valence-electron chi connectivity index (χ1n) is 7.19. The molecule has 0 saturated carbocycles. The molecule has 0 spiro atoms. The summed E-state index contributed by atoms with van der Waals surface area (Å²) >= 11 is 0. The van der Waals surface area contributed by atoms with Crippen molar-refractivity contribution < 1.29 is 4.42 Å². The Morgan fingerprint density at radius 1 is 0.955 bits per heavy atom. The Morgan fingerprint density at radius 3 is 2.23 bits per heavy atom. The summed E-state index contributed by atoms with van der Waals surface area (Å²) in [7, 11) is 5.48. The highest BCUT2D eigenvalue weighted by atomic mass is 31.0. The maximum Gasteiger partial charge on any atom is 0.344 e. The van der Waals surface area contributed by atoms with Crippen molar-refractivity contribution in [2.24, 2.45) is 0 Å². The molecule has 2 nitrogen and oxygen atoms in total. The first-order chi connectivity index (χ1) is 10.6. The van der Waals surface area contributed by atoms with Gasteiger partial charge in [-0.1, -0.05) is 29.8 Å². The summed E-state index contributed by atoms with van der Waals surface area (Å²) in [5.41, 5.74) is 5.49. The van der Waals surface area contributed by atoms with E-state index in [1.807, 2.05) is 43.3 Å². The second kappa shape index (κ2) is 6.32. The molecule has 2 atom stereocenters. The smallest absolute Gasteiger partial charge is 0.344 e. The minimum absolute atomic E-state index is 0.287. The van der Waals surface area contributed by atoms with Crippen LogP contribution in [0.25, 0.3) is 22.1 Å². The highest BCUT2D eigenvalue weighted by molar-refractivity contribution is 7.16. The number of benzene rings is 2. The van der Waals surface area contributed by atoms with Crippen LogP contribution in [0.2, 0.25) is 0 Å². The van der Waals surface area contributed by atoms with Gasteiger partial charge in [0.05, 0.1) is 5.56 Å². The van der Waals surface area contributed by atoms with Crippen LogP contribution in [0.15, 0.2) is 51.7 Å². The van der Waals surface area contributed by atoms with Gasteiger partial charge in [-0.05, 0) is 54.1 Å². The minimum Gasteiger partial charge on any atom is -0.422 e. The van der Waals surface area contributed by atoms with Crippen LogP contribution in [-0.2, 0) is 12.3 Å². The van der Waals surface area contributed by atoms with Crippen LogP contribution in [-0.4, -0.2) is 0 Å². The lowest BCUT2D eigenvalue weighted by Gasteiger charge is -2.09. The van der Waals surface area contributed by atoms with Gasteiger partial charge < -0.3 is 4.42 Å². The highest BCUT2D eigenvalue weighted by Crippen LogP contribution is 2.26. The minimum atomic E-state index is -0.287. The van der Waals surface area contributed by atoms with E-state index < -0.39 is 0 Å². The van der Waals surface area contributed by atoms with Gasteiger partial charge in [-0.3, -0.25) is 0 Å². The molecule has 112 valence electrons. The predicted octanol–water partition coefficient (Wildman–Crippen LogP) is 4.52. The summed E-state index contributed by atoms with van der Waals surface area (Å²) in [5.74, 6) is 0. The Hall–Kier alpha value is -1.49. The molecule has 0 N–H and O–H groups in total. The average Bonchev–Trinajstić information content (AvgIpc) is 2.54. The van der Waals surface area contributed by atoms with E-state index in [1.54, 1.807) is 0 Å². The molecular weight excluding hydrogens is 310 g/mol. The molecule has 22 heavy (non-hydrogen) atoms. The first-order valence-corrected chi connectivity index (χ1v) is 8.82. The van der Waals surface area contributed by atoms with E-state index in [0.29, 0.717) is 11.1 Å². The number of hydrogen-bond acceptors (Lipinski definition) is 2. The second-order valence-electron chi connectivity index (χ2n) is 5.38. The third kappa shape index (κ3) is 2.86. The van der Waals surface area contributed by atoms with Crippen LogP contribution in [0.4, 0.5) is 0 Å². The fourth-order valence-corrected chi connectivity index (χ4v) is 3.33. The standard InChI is InChI=1S/C18H18O2P2/c1-11-2-4-12(5-3-11)16-7-13-6-14(9-21)15(10-22)8-17(13)20-18(16)19/h2-8H,9-10,21-22H2,1H3. The highest BCUT2D eigenvalue weighted by Gasteiger charge is 2.10. The zero-order valence-corrected chi connectivity index (χ0v) is 14.7. The monoisotopic (exact) mass is 328 g/mol. The van der Waals surface area contributed by atoms with Crippen LogP contribution in [0.3, 0.4) is 0 Å². The predicted molar refractivity (Wildman–Crippen MR) is 99.5 cm³/mol. The summed E-state index contributed by atoms with van der Waals surface area (Å²) in [4.78, 5) is 12.3. The molecule has 1 aromatic heterocycles. The maximum absolute atomic E-state index is 12.3. The van der Waals surface area contributed by atoms with Gasteiger partial charge in [0.25, 0.3) is 0 Å². The van der Waals surface area contributed by atoms with Crippen molar-refractivity contribution in [3.63, 3.8) is 0 Å². The lowest BCUT2D eigenvalue weighted by atomic mass is 10.0. The quantitative estimate of drug-likeness (QED) is 0.523. The molecule has 0 fully saturated rings. The number of rotatable bonds is 3. The Balaban J connectivity index is 2.23. The van der Waals surface area contributed by atoms with Gasteiger partial charge in [0.1, 0.15) is 5.58 Å². The lowest BCUT2D eigenvalue weighted by molar-refractivity contribution is 0.563. The van der Waals surface area contributed by atoms with Crippen LogP contribution in [0.5, 0.6) is 0 Å². The molecule has 3 rings (SSSR count). The van der Waals surface area contributed by atoms with Crippen molar-refractivity contribution in [3.8, 4) is 11.1 Å². The van der Waals surface area contributed by atoms with Gasteiger partial charge in [0, 0.05) is 5.39 Å². The first kappa shape index (κ1) is 15.4. The van der Waals surface area contributed by atoms with Crippen molar-refractivity contribution in [3.05, 3.63) is 69.6 Å². The number of hydrogen-bond donors (Lipinski definition) is 0. The molecule has 1 heterocycles. The molecule has 0 saturated heterocycles. The molecule has 0 aliphatic heterocycles. The van der Waals surface area contributed by atoms with Gasteiger partial charge in [-0.2, -0.15) is 0 Å². The molecule has 0 amide bonds. The van der Waals surface area contributed by atoms with Crippen molar-refractivity contribution in [1.82, 2.24) is 0 Å². The summed E-state index contributed by atoms with van der Waals surface area (Å²) in [5, 5.41) is 0.967. The molecule has 3 aromatic rings. The van der Waals surface area contributed by atoms with Crippen LogP contribution in [0, 0.1) is 6.92 Å². The topological polar surface area (TPSA) is 30.2 Å². The van der Waals surface area contributed by atoms with Gasteiger partial charge >= 0.3 is 5.63 Å². The van der Waals surface area contributed by atoms with Crippen molar-refractivity contribution in [1.29, 1.82) is 0 Å². The van der Waals surface area contributed by atoms with E-state index in [9.17, 15) is 4.79 Å². The Labute approximate surface area is 134 Å². The summed E-state index contributed by atoms with van der Waals surface area (Å²) in [6, 6.07) is 13.9. The van der Waals surface area contributed by atoms with Gasteiger partial charge in [-0.15, -0.1) is 18.5 Å². The Bertz CT molecular complexity index is 880. The fourth-order valence-electron chi connectivity index (χ4n) is 2.57. The molecule has 0 aliphatic rings. The number of fused-ring (bicyclic) bond motifs is 1. The summed E-state index contributed by atoms with van der Waals surface area (Å²) in [6.45, 7) is 2.03. The van der Waals surface area contributed by atoms with E-state index in [2.05, 4.69) is 24.5 Å². The van der Waals surface area contributed by atoms with E-state index in [0.717, 1.165) is 23.3 Å². The van der Waals surface area contributed by atoms with Gasteiger partial charge in [-0.25, -0.2) is 4.79 Å². The zero-order valence-electron chi connectivity index (χ0n) is 12.4. The van der Waals surface area contributed by atoms with Crippen molar-refractivity contribution >= 4 is 29.4 Å². The normalized spacial score (nSPS) is 11.0. The average molecular weight is 328 g/mol. The fraction of sp³-hybridized carbons (Fsp3) is 0.167. The van der Waals surface area contributed by atoms with E-state index in [1.165, 1.54) is 16.7 Å². The Kier molecular flexibility index (Phi) is 4.43. The molecule has 0 aliphatic carbocycles. The second-order valence-corrected chi connectivity index (χ2v) is 6.20. The van der Waals surface area contributed by atoms with Gasteiger partial charge in [0.15, 0.2) is 0 Å². The lowest BCUT2D eigenvalue weighted by Crippen LogP contribution is -2.03. The molecule has 2 aromatic carbocycles. The van der Waals surface area contributed by atoms with Crippen molar-refractivity contribution in [2.45, 2.75) is 19.2 Å². The SMILES string of the molecule is Cc1ccc(-c2cc3cc(CP)c(CP)cc3oc2=O)cc1. The Morgan fingerprint density at radius 2 is 1.59 bits per heavy atom. The summed E-state index contributed by atoms with van der Waals surface area (Å²) in [6.07, 6.45) is 1.74. The van der Waals surface area contributed by atoms with E-state index in [-0.39, 0.29) is 5.63 Å².